The molecule has 1 aliphatic carbocycles. The van der Waals surface area contributed by atoms with E-state index in [-0.39, 0.29) is 0 Å². The molecular weight excluding hydrogens is 202 g/mol. The molecule has 0 saturated heterocycles. The van der Waals surface area contributed by atoms with Gasteiger partial charge in [0.25, 0.3) is 0 Å². The highest BCUT2D eigenvalue weighted by atomic mass is 16.4. The van der Waals surface area contributed by atoms with Crippen molar-refractivity contribution in [1.29, 1.82) is 0 Å². The monoisotopic (exact) mass is 219 g/mol. The van der Waals surface area contributed by atoms with Gasteiger partial charge in [0, 0.05) is 12.2 Å². The molecule has 3 heteroatoms. The predicted molar refractivity (Wildman–Crippen MR) is 63.8 cm³/mol. The van der Waals surface area contributed by atoms with E-state index in [9.17, 15) is 9.90 Å². The Hall–Kier alpha value is -1.51. The van der Waals surface area contributed by atoms with Crippen LogP contribution in [0.2, 0.25) is 0 Å². The van der Waals surface area contributed by atoms with Gasteiger partial charge in [-0.3, -0.25) is 4.79 Å². The minimum atomic E-state index is -0.685. The summed E-state index contributed by atoms with van der Waals surface area (Å²) >= 11 is 0. The Kier molecular flexibility index (Phi) is 2.86. The zero-order chi connectivity index (χ0) is 11.6. The molecule has 0 aromatic heterocycles. The van der Waals surface area contributed by atoms with E-state index in [1.165, 1.54) is 0 Å². The third kappa shape index (κ3) is 1.66. The number of carbonyl (C=O) groups is 1. The topological polar surface area (TPSA) is 49.3 Å². The normalized spacial score (nSPS) is 17.6. The Morgan fingerprint density at radius 2 is 2.00 bits per heavy atom. The fraction of sp³-hybridized carbons (Fsp3) is 0.462. The summed E-state index contributed by atoms with van der Waals surface area (Å²) in [5.74, 6) is -0.685. The maximum absolute atomic E-state index is 11.3. The van der Waals surface area contributed by atoms with Crippen LogP contribution in [0.3, 0.4) is 0 Å². The lowest BCUT2D eigenvalue weighted by Crippen LogP contribution is -2.42. The smallest absolute Gasteiger partial charge is 0.314 e. The van der Waals surface area contributed by atoms with Crippen molar-refractivity contribution in [3.63, 3.8) is 0 Å². The minimum absolute atomic E-state index is 0.606. The Labute approximate surface area is 95.5 Å². The van der Waals surface area contributed by atoms with Crippen LogP contribution in [-0.2, 0) is 10.2 Å². The molecule has 0 heterocycles. The lowest BCUT2D eigenvalue weighted by atomic mass is 9.64. The molecular formula is C13H17NO2. The second kappa shape index (κ2) is 4.16. The molecule has 0 aliphatic heterocycles. The maximum atomic E-state index is 11.3. The number of hydrogen-bond donors (Lipinski definition) is 2. The molecule has 2 N–H and O–H groups in total. The van der Waals surface area contributed by atoms with Crippen LogP contribution in [0.15, 0.2) is 24.3 Å². The molecule has 1 aromatic rings. The summed E-state index contributed by atoms with van der Waals surface area (Å²) in [5, 5.41) is 12.5. The van der Waals surface area contributed by atoms with Gasteiger partial charge in [-0.05, 0) is 37.5 Å². The van der Waals surface area contributed by atoms with Gasteiger partial charge >= 0.3 is 5.97 Å². The highest BCUT2D eigenvalue weighted by Gasteiger charge is 2.45. The summed E-state index contributed by atoms with van der Waals surface area (Å²) in [6.45, 7) is 2.92. The van der Waals surface area contributed by atoms with Crippen LogP contribution < -0.4 is 5.32 Å². The number of nitrogens with one attached hydrogen (secondary N) is 1. The molecule has 0 atom stereocenters. The van der Waals surface area contributed by atoms with E-state index in [0.717, 1.165) is 37.1 Å². The first-order valence-electron chi connectivity index (χ1n) is 5.77. The first kappa shape index (κ1) is 11.0. The average molecular weight is 219 g/mol. The van der Waals surface area contributed by atoms with Crippen molar-refractivity contribution >= 4 is 11.7 Å². The zero-order valence-corrected chi connectivity index (χ0v) is 9.49. The maximum Gasteiger partial charge on any atom is 0.314 e. The fourth-order valence-corrected chi connectivity index (χ4v) is 2.27. The highest BCUT2D eigenvalue weighted by molar-refractivity contribution is 5.82. The van der Waals surface area contributed by atoms with Crippen LogP contribution in [0.25, 0.3) is 0 Å². The minimum Gasteiger partial charge on any atom is -0.481 e. The molecule has 0 amide bonds. The van der Waals surface area contributed by atoms with E-state index in [0.29, 0.717) is 0 Å². The van der Waals surface area contributed by atoms with Crippen LogP contribution in [-0.4, -0.2) is 17.6 Å². The van der Waals surface area contributed by atoms with Crippen molar-refractivity contribution in [2.75, 3.05) is 11.9 Å². The van der Waals surface area contributed by atoms with E-state index >= 15 is 0 Å². The summed E-state index contributed by atoms with van der Waals surface area (Å²) in [6, 6.07) is 7.79. The van der Waals surface area contributed by atoms with Gasteiger partial charge in [-0.2, -0.15) is 0 Å². The van der Waals surface area contributed by atoms with Crippen LogP contribution in [0.5, 0.6) is 0 Å². The molecule has 2 rings (SSSR count). The van der Waals surface area contributed by atoms with E-state index in [1.807, 2.05) is 31.2 Å². The Bertz CT molecular complexity index is 379. The van der Waals surface area contributed by atoms with Gasteiger partial charge in [-0.25, -0.2) is 0 Å². The number of hydrogen-bond acceptors (Lipinski definition) is 2. The molecule has 0 bridgehead atoms. The highest BCUT2D eigenvalue weighted by Crippen LogP contribution is 2.44. The van der Waals surface area contributed by atoms with Crippen molar-refractivity contribution in [3.8, 4) is 0 Å². The largest absolute Gasteiger partial charge is 0.481 e. The molecule has 3 nitrogen and oxygen atoms in total. The van der Waals surface area contributed by atoms with Gasteiger partial charge < -0.3 is 10.4 Å². The number of anilines is 1. The molecule has 0 unspecified atom stereocenters. The van der Waals surface area contributed by atoms with Crippen LogP contribution in [0.1, 0.15) is 31.7 Å². The van der Waals surface area contributed by atoms with Gasteiger partial charge in [0.05, 0.1) is 5.41 Å². The number of aliphatic carboxylic acids is 1. The average Bonchev–Trinajstić information content (AvgIpc) is 2.18. The van der Waals surface area contributed by atoms with Crippen molar-refractivity contribution in [1.82, 2.24) is 0 Å². The summed E-state index contributed by atoms with van der Waals surface area (Å²) < 4.78 is 0. The number of carboxylic acid groups (broad SMARTS) is 1. The van der Waals surface area contributed by atoms with Crippen molar-refractivity contribution in [2.45, 2.75) is 31.6 Å². The molecule has 16 heavy (non-hydrogen) atoms. The summed E-state index contributed by atoms with van der Waals surface area (Å²) in [6.07, 6.45) is 2.55. The number of carboxylic acids is 1. The van der Waals surface area contributed by atoms with Gasteiger partial charge in [-0.1, -0.05) is 18.6 Å². The number of benzene rings is 1. The molecule has 1 aliphatic rings. The molecule has 1 saturated carbocycles. The summed E-state index contributed by atoms with van der Waals surface area (Å²) in [5.41, 5.74) is 1.38. The van der Waals surface area contributed by atoms with Crippen molar-refractivity contribution in [3.05, 3.63) is 29.8 Å². The fourth-order valence-electron chi connectivity index (χ4n) is 2.27. The SMILES string of the molecule is CCNc1ccc(C2(C(=O)O)CCC2)cc1. The van der Waals surface area contributed by atoms with Crippen molar-refractivity contribution < 1.29 is 9.90 Å². The Balaban J connectivity index is 2.23. The van der Waals surface area contributed by atoms with E-state index in [1.54, 1.807) is 0 Å². The van der Waals surface area contributed by atoms with Gasteiger partial charge in [0.2, 0.25) is 0 Å². The van der Waals surface area contributed by atoms with Crippen LogP contribution >= 0.6 is 0 Å². The Morgan fingerprint density at radius 3 is 2.38 bits per heavy atom. The van der Waals surface area contributed by atoms with E-state index in [2.05, 4.69) is 5.32 Å². The molecule has 0 radical (unpaired) electrons. The first-order chi connectivity index (χ1) is 7.69. The number of rotatable bonds is 4. The predicted octanol–water partition coefficient (Wildman–Crippen LogP) is 2.62. The third-order valence-corrected chi connectivity index (χ3v) is 3.43. The third-order valence-electron chi connectivity index (χ3n) is 3.43. The van der Waals surface area contributed by atoms with Crippen LogP contribution in [0, 0.1) is 0 Å². The van der Waals surface area contributed by atoms with Crippen LogP contribution in [0.4, 0.5) is 5.69 Å². The van der Waals surface area contributed by atoms with E-state index in [4.69, 9.17) is 0 Å². The zero-order valence-electron chi connectivity index (χ0n) is 9.49. The summed E-state index contributed by atoms with van der Waals surface area (Å²) in [7, 11) is 0. The quantitative estimate of drug-likeness (QED) is 0.818. The van der Waals surface area contributed by atoms with Gasteiger partial charge in [-0.15, -0.1) is 0 Å². The Morgan fingerprint density at radius 1 is 1.38 bits per heavy atom. The van der Waals surface area contributed by atoms with Gasteiger partial charge in [0.1, 0.15) is 0 Å². The van der Waals surface area contributed by atoms with Crippen molar-refractivity contribution in [2.24, 2.45) is 0 Å². The van der Waals surface area contributed by atoms with Gasteiger partial charge in [0.15, 0.2) is 0 Å². The second-order valence-corrected chi connectivity index (χ2v) is 4.35. The second-order valence-electron chi connectivity index (χ2n) is 4.35. The molecule has 1 fully saturated rings. The summed E-state index contributed by atoms with van der Waals surface area (Å²) in [4.78, 5) is 11.3. The molecule has 0 spiro atoms. The van der Waals surface area contributed by atoms with E-state index < -0.39 is 11.4 Å². The lowest BCUT2D eigenvalue weighted by Gasteiger charge is -2.38. The lowest BCUT2D eigenvalue weighted by molar-refractivity contribution is -0.147. The first-order valence-corrected chi connectivity index (χ1v) is 5.77. The standard InChI is InChI=1S/C13H17NO2/c1-2-14-11-6-4-10(5-7-11)13(12(15)16)8-3-9-13/h4-7,14H,2-3,8-9H2,1H3,(H,15,16). The molecule has 1 aromatic carbocycles. The molecule has 86 valence electrons.